The Morgan fingerprint density at radius 1 is 1.20 bits per heavy atom. The molecule has 1 aliphatic rings. The highest BCUT2D eigenvalue weighted by atomic mass is 16.2. The Balaban J connectivity index is 1.73. The topological polar surface area (TPSA) is 52.7 Å². The molecule has 0 spiro atoms. The van der Waals surface area contributed by atoms with Gasteiger partial charge in [-0.05, 0) is 63.6 Å². The third kappa shape index (κ3) is 5.76. The van der Waals surface area contributed by atoms with Crippen LogP contribution in [0.15, 0.2) is 24.3 Å². The summed E-state index contributed by atoms with van der Waals surface area (Å²) in [5.74, 6) is 0.798. The van der Waals surface area contributed by atoms with Gasteiger partial charge in [-0.25, -0.2) is 4.79 Å². The number of hydrogen-bond acceptors (Lipinski definition) is 2. The van der Waals surface area contributed by atoms with Gasteiger partial charge >= 0.3 is 6.03 Å². The number of likely N-dealkylation sites (tertiary alicyclic amines) is 1. The smallest absolute Gasteiger partial charge is 0.321 e. The second kappa shape index (κ2) is 9.44. The van der Waals surface area contributed by atoms with Gasteiger partial charge in [0.2, 0.25) is 5.91 Å². The molecule has 0 radical (unpaired) electrons. The average Bonchev–Trinajstić information content (AvgIpc) is 2.61. The summed E-state index contributed by atoms with van der Waals surface area (Å²) >= 11 is 0. The molecule has 3 amide bonds. The van der Waals surface area contributed by atoms with Gasteiger partial charge in [0.15, 0.2) is 0 Å². The minimum Gasteiger partial charge on any atom is -0.343 e. The van der Waals surface area contributed by atoms with Crippen molar-refractivity contribution < 1.29 is 9.59 Å². The predicted molar refractivity (Wildman–Crippen MR) is 102 cm³/mol. The zero-order chi connectivity index (χ0) is 18.2. The number of hydrogen-bond donors (Lipinski definition) is 1. The summed E-state index contributed by atoms with van der Waals surface area (Å²) in [5.41, 5.74) is 1.98. The maximum Gasteiger partial charge on any atom is 0.321 e. The summed E-state index contributed by atoms with van der Waals surface area (Å²) in [6, 6.07) is 7.83. The van der Waals surface area contributed by atoms with Crippen molar-refractivity contribution in [3.8, 4) is 0 Å². The maximum atomic E-state index is 12.4. The van der Waals surface area contributed by atoms with Gasteiger partial charge in [-0.1, -0.05) is 12.1 Å². The van der Waals surface area contributed by atoms with Gasteiger partial charge in [0.05, 0.1) is 0 Å². The lowest BCUT2D eigenvalue weighted by atomic mass is 9.92. The minimum atomic E-state index is -0.0248. The second-order valence-corrected chi connectivity index (χ2v) is 6.83. The molecule has 1 N–H and O–H groups in total. The molecule has 5 nitrogen and oxygen atoms in total. The van der Waals surface area contributed by atoms with E-state index in [4.69, 9.17) is 0 Å². The number of carbonyl (C=O) groups excluding carboxylic acids is 2. The monoisotopic (exact) mass is 345 g/mol. The fraction of sp³-hybridized carbons (Fsp3) is 0.600. The summed E-state index contributed by atoms with van der Waals surface area (Å²) in [5, 5.41) is 2.97. The van der Waals surface area contributed by atoms with E-state index in [1.165, 1.54) is 0 Å². The van der Waals surface area contributed by atoms with Gasteiger partial charge in [-0.3, -0.25) is 4.79 Å². The number of urea groups is 1. The number of anilines is 1. The van der Waals surface area contributed by atoms with Gasteiger partial charge in [0.1, 0.15) is 0 Å². The highest BCUT2D eigenvalue weighted by Crippen LogP contribution is 2.23. The van der Waals surface area contributed by atoms with Crippen LogP contribution in [0.3, 0.4) is 0 Å². The quantitative estimate of drug-likeness (QED) is 0.850. The van der Waals surface area contributed by atoms with Gasteiger partial charge in [0.25, 0.3) is 0 Å². The number of piperidine rings is 1. The molecule has 1 aromatic carbocycles. The van der Waals surface area contributed by atoms with Gasteiger partial charge in [0, 0.05) is 38.3 Å². The van der Waals surface area contributed by atoms with Crippen LogP contribution in [0.1, 0.15) is 45.1 Å². The fourth-order valence-corrected chi connectivity index (χ4v) is 3.41. The van der Waals surface area contributed by atoms with Crippen LogP contribution < -0.4 is 5.32 Å². The van der Waals surface area contributed by atoms with E-state index < -0.39 is 0 Å². The lowest BCUT2D eigenvalue weighted by molar-refractivity contribution is -0.131. The molecule has 1 fully saturated rings. The van der Waals surface area contributed by atoms with E-state index in [2.05, 4.69) is 5.32 Å². The first-order chi connectivity index (χ1) is 12.0. The lowest BCUT2D eigenvalue weighted by Gasteiger charge is -2.32. The first-order valence-electron chi connectivity index (χ1n) is 9.43. The van der Waals surface area contributed by atoms with E-state index in [9.17, 15) is 9.59 Å². The summed E-state index contributed by atoms with van der Waals surface area (Å²) in [4.78, 5) is 28.2. The highest BCUT2D eigenvalue weighted by molar-refractivity contribution is 5.89. The Bertz CT molecular complexity index is 576. The molecule has 0 saturated carbocycles. The van der Waals surface area contributed by atoms with Gasteiger partial charge < -0.3 is 15.1 Å². The Kier molecular flexibility index (Phi) is 7.29. The molecule has 25 heavy (non-hydrogen) atoms. The third-order valence-electron chi connectivity index (χ3n) is 5.05. The molecule has 0 aromatic heterocycles. The molecule has 1 saturated heterocycles. The van der Waals surface area contributed by atoms with Crippen LogP contribution >= 0.6 is 0 Å². The number of amides is 3. The number of rotatable bonds is 6. The molecular weight excluding hydrogens is 314 g/mol. The molecule has 138 valence electrons. The lowest BCUT2D eigenvalue weighted by Crippen LogP contribution is -2.41. The van der Waals surface area contributed by atoms with Crippen LogP contribution in [0, 0.1) is 12.8 Å². The molecule has 1 heterocycles. The standard InChI is InChI=1S/C20H31N3O2/c1-4-22(5-2)19(24)10-9-17-11-13-23(14-12-17)20(25)21-18-8-6-7-16(3)15-18/h6-8,15,17H,4-5,9-14H2,1-3H3,(H,21,25). The van der Waals surface area contributed by atoms with Gasteiger partial charge in [-0.15, -0.1) is 0 Å². The Morgan fingerprint density at radius 3 is 2.48 bits per heavy atom. The van der Waals surface area contributed by atoms with E-state index >= 15 is 0 Å². The van der Waals surface area contributed by atoms with Crippen LogP contribution in [0.2, 0.25) is 0 Å². The summed E-state index contributed by atoms with van der Waals surface area (Å²) < 4.78 is 0. The van der Waals surface area contributed by atoms with E-state index in [0.717, 1.165) is 56.7 Å². The van der Waals surface area contributed by atoms with E-state index in [1.54, 1.807) is 0 Å². The summed E-state index contributed by atoms with van der Waals surface area (Å²) in [7, 11) is 0. The van der Waals surface area contributed by atoms with Crippen LogP contribution in [0.5, 0.6) is 0 Å². The zero-order valence-corrected chi connectivity index (χ0v) is 15.8. The van der Waals surface area contributed by atoms with Crippen molar-refractivity contribution in [2.24, 2.45) is 5.92 Å². The molecule has 0 atom stereocenters. The Labute approximate surface area is 151 Å². The van der Waals surface area contributed by atoms with Crippen LogP contribution in [-0.2, 0) is 4.79 Å². The molecule has 1 aliphatic heterocycles. The van der Waals surface area contributed by atoms with Crippen molar-refractivity contribution in [2.45, 2.75) is 46.5 Å². The van der Waals surface area contributed by atoms with Crippen LogP contribution in [0.25, 0.3) is 0 Å². The molecule has 0 unspecified atom stereocenters. The minimum absolute atomic E-state index is 0.0248. The Hall–Kier alpha value is -2.04. The van der Waals surface area contributed by atoms with E-state index in [0.29, 0.717) is 12.3 Å². The summed E-state index contributed by atoms with van der Waals surface area (Å²) in [6.45, 7) is 9.16. The van der Waals surface area contributed by atoms with E-state index in [1.807, 2.05) is 54.8 Å². The van der Waals surface area contributed by atoms with E-state index in [-0.39, 0.29) is 11.9 Å². The number of carbonyl (C=O) groups is 2. The number of aryl methyl sites for hydroxylation is 1. The van der Waals surface area contributed by atoms with Gasteiger partial charge in [-0.2, -0.15) is 0 Å². The zero-order valence-electron chi connectivity index (χ0n) is 15.8. The molecular formula is C20H31N3O2. The molecule has 2 rings (SSSR count). The first-order valence-corrected chi connectivity index (χ1v) is 9.43. The SMILES string of the molecule is CCN(CC)C(=O)CCC1CCN(C(=O)Nc2cccc(C)c2)CC1. The number of benzene rings is 1. The van der Waals surface area contributed by atoms with Crippen molar-refractivity contribution in [3.05, 3.63) is 29.8 Å². The van der Waals surface area contributed by atoms with Crippen molar-refractivity contribution >= 4 is 17.6 Å². The largest absolute Gasteiger partial charge is 0.343 e. The highest BCUT2D eigenvalue weighted by Gasteiger charge is 2.23. The second-order valence-electron chi connectivity index (χ2n) is 6.83. The third-order valence-corrected chi connectivity index (χ3v) is 5.05. The number of nitrogens with zero attached hydrogens (tertiary/aromatic N) is 2. The van der Waals surface area contributed by atoms with Crippen LogP contribution in [0.4, 0.5) is 10.5 Å². The van der Waals surface area contributed by atoms with Crippen molar-refractivity contribution in [3.63, 3.8) is 0 Å². The van der Waals surface area contributed by atoms with Crippen LogP contribution in [-0.4, -0.2) is 47.9 Å². The predicted octanol–water partition coefficient (Wildman–Crippen LogP) is 3.89. The van der Waals surface area contributed by atoms with Crippen molar-refractivity contribution in [1.82, 2.24) is 9.80 Å². The normalized spacial score (nSPS) is 15.1. The summed E-state index contributed by atoms with van der Waals surface area (Å²) in [6.07, 6.45) is 3.52. The number of nitrogens with one attached hydrogen (secondary N) is 1. The molecule has 0 bridgehead atoms. The molecule has 0 aliphatic carbocycles. The Morgan fingerprint density at radius 2 is 1.88 bits per heavy atom. The fourth-order valence-electron chi connectivity index (χ4n) is 3.41. The molecule has 1 aromatic rings. The maximum absolute atomic E-state index is 12.4. The average molecular weight is 345 g/mol. The van der Waals surface area contributed by atoms with Crippen molar-refractivity contribution in [2.75, 3.05) is 31.5 Å². The molecule has 5 heteroatoms. The van der Waals surface area contributed by atoms with Crippen molar-refractivity contribution in [1.29, 1.82) is 0 Å². The first kappa shape index (κ1) is 19.3.